The first-order valence-electron chi connectivity index (χ1n) is 14.9. The van der Waals surface area contributed by atoms with Crippen LogP contribution in [-0.4, -0.2) is 82.4 Å². The van der Waals surface area contributed by atoms with Crippen LogP contribution < -0.4 is 15.0 Å². The average Bonchev–Trinajstić information content (AvgIpc) is 3.61. The molecule has 1 aliphatic heterocycles. The highest BCUT2D eigenvalue weighted by Crippen LogP contribution is 2.29. The van der Waals surface area contributed by atoms with Crippen LogP contribution in [0.25, 0.3) is 44.8 Å². The van der Waals surface area contributed by atoms with Gasteiger partial charge in [-0.25, -0.2) is 14.8 Å². The first-order chi connectivity index (χ1) is 20.7. The molecule has 3 N–H and O–H groups in total. The van der Waals surface area contributed by atoms with Gasteiger partial charge in [-0.15, -0.1) is 0 Å². The van der Waals surface area contributed by atoms with Crippen LogP contribution in [0.5, 0.6) is 5.75 Å². The zero-order valence-corrected chi connectivity index (χ0v) is 25.2. The summed E-state index contributed by atoms with van der Waals surface area (Å²) >= 11 is 0. The second-order valence-electron chi connectivity index (χ2n) is 11.8. The molecule has 43 heavy (non-hydrogen) atoms. The number of benzene rings is 3. The Hall–Kier alpha value is -4.57. The van der Waals surface area contributed by atoms with Crippen molar-refractivity contribution in [1.82, 2.24) is 30.2 Å². The minimum absolute atomic E-state index is 0.364. The number of hydrogen-bond donors (Lipinski definition) is 3. The Kier molecular flexibility index (Phi) is 7.94. The molecule has 2 aromatic heterocycles. The van der Waals surface area contributed by atoms with E-state index in [-0.39, 0.29) is 6.09 Å². The van der Waals surface area contributed by atoms with E-state index < -0.39 is 5.60 Å². The third-order valence-electron chi connectivity index (χ3n) is 7.49. The zero-order valence-electron chi connectivity index (χ0n) is 25.2. The predicted octanol–water partition coefficient (Wildman–Crippen LogP) is 5.82. The van der Waals surface area contributed by atoms with Gasteiger partial charge < -0.3 is 29.7 Å². The number of nitrogens with one attached hydrogen (secondary N) is 3. The van der Waals surface area contributed by atoms with E-state index in [4.69, 9.17) is 19.4 Å². The molecule has 1 aliphatic rings. The number of H-pyrrole nitrogens is 2. The van der Waals surface area contributed by atoms with Crippen LogP contribution in [0.1, 0.15) is 27.7 Å². The number of carbonyl (C=O) groups is 1. The van der Waals surface area contributed by atoms with Gasteiger partial charge >= 0.3 is 6.09 Å². The van der Waals surface area contributed by atoms with Gasteiger partial charge in [-0.3, -0.25) is 4.90 Å². The topological polar surface area (TPSA) is 111 Å². The fourth-order valence-corrected chi connectivity index (χ4v) is 5.36. The highest BCUT2D eigenvalue weighted by atomic mass is 16.6. The molecule has 5 aromatic rings. The van der Waals surface area contributed by atoms with E-state index in [2.05, 4.69) is 55.4 Å². The number of aromatic amines is 2. The van der Waals surface area contributed by atoms with E-state index in [9.17, 15) is 4.79 Å². The normalized spacial score (nSPS) is 14.4. The van der Waals surface area contributed by atoms with Crippen molar-refractivity contribution < 1.29 is 14.3 Å². The summed E-state index contributed by atoms with van der Waals surface area (Å²) in [6.45, 7) is 13.3. The summed E-state index contributed by atoms with van der Waals surface area (Å²) in [5.41, 5.74) is 6.52. The number of fused-ring (bicyclic) bond motifs is 2. The summed E-state index contributed by atoms with van der Waals surface area (Å²) in [5.74, 6) is 2.50. The van der Waals surface area contributed by atoms with Crippen molar-refractivity contribution in [3.05, 3.63) is 60.7 Å². The van der Waals surface area contributed by atoms with E-state index in [0.717, 1.165) is 83.3 Å². The number of nitrogens with zero attached hydrogens (tertiary/aromatic N) is 4. The van der Waals surface area contributed by atoms with Gasteiger partial charge in [0.25, 0.3) is 0 Å². The Morgan fingerprint density at radius 3 is 2.16 bits per heavy atom. The molecule has 0 unspecified atom stereocenters. The summed E-state index contributed by atoms with van der Waals surface area (Å²) in [6.07, 6.45) is -0.364. The summed E-state index contributed by atoms with van der Waals surface area (Å²) in [4.78, 5) is 33.3. The lowest BCUT2D eigenvalue weighted by Crippen LogP contribution is -2.48. The van der Waals surface area contributed by atoms with Crippen LogP contribution in [0, 0.1) is 0 Å². The molecule has 10 nitrogen and oxygen atoms in total. The molecular formula is C33H39N7O3. The lowest BCUT2D eigenvalue weighted by atomic mass is 10.2. The van der Waals surface area contributed by atoms with Crippen molar-refractivity contribution in [2.45, 2.75) is 33.3 Å². The SMILES string of the molecule is CCOc1ccc(-c2nc3ccc(-c4nc5ccc(N6CCN(CCNC(=O)OC(C)(C)C)CC6)cc5[nH]4)cc3[nH]2)cc1. The lowest BCUT2D eigenvalue weighted by molar-refractivity contribution is 0.0521. The van der Waals surface area contributed by atoms with Crippen LogP contribution in [0.15, 0.2) is 60.7 Å². The number of imidazole rings is 2. The largest absolute Gasteiger partial charge is 0.494 e. The van der Waals surface area contributed by atoms with Gasteiger partial charge in [0.1, 0.15) is 23.0 Å². The van der Waals surface area contributed by atoms with Gasteiger partial charge in [-0.2, -0.15) is 0 Å². The molecule has 0 aliphatic carbocycles. The molecule has 10 heteroatoms. The fraction of sp³-hybridized carbons (Fsp3) is 0.364. The number of alkyl carbamates (subject to hydrolysis) is 1. The molecule has 1 amide bonds. The molecule has 3 heterocycles. The van der Waals surface area contributed by atoms with Crippen molar-refractivity contribution in [1.29, 1.82) is 0 Å². The first kappa shape index (κ1) is 28.5. The first-order valence-corrected chi connectivity index (χ1v) is 14.9. The average molecular weight is 582 g/mol. The van der Waals surface area contributed by atoms with Gasteiger partial charge in [-0.05, 0) is 88.4 Å². The quantitative estimate of drug-likeness (QED) is 0.212. The number of carbonyl (C=O) groups excluding carboxylic acids is 1. The van der Waals surface area contributed by atoms with Gasteiger partial charge in [-0.1, -0.05) is 0 Å². The van der Waals surface area contributed by atoms with E-state index in [0.29, 0.717) is 13.2 Å². The lowest BCUT2D eigenvalue weighted by Gasteiger charge is -2.36. The Morgan fingerprint density at radius 1 is 0.860 bits per heavy atom. The maximum atomic E-state index is 11.9. The Labute approximate surface area is 251 Å². The molecule has 0 bridgehead atoms. The Balaban J connectivity index is 1.09. The molecule has 0 radical (unpaired) electrons. The monoisotopic (exact) mass is 581 g/mol. The minimum Gasteiger partial charge on any atom is -0.494 e. The number of piperazine rings is 1. The molecule has 3 aromatic carbocycles. The Morgan fingerprint density at radius 2 is 1.49 bits per heavy atom. The van der Waals surface area contributed by atoms with E-state index in [1.54, 1.807) is 0 Å². The van der Waals surface area contributed by atoms with Gasteiger partial charge in [0, 0.05) is 56.1 Å². The Bertz CT molecular complexity index is 1710. The number of hydrogen-bond acceptors (Lipinski definition) is 7. The number of rotatable bonds is 8. The third-order valence-corrected chi connectivity index (χ3v) is 7.49. The predicted molar refractivity (Wildman–Crippen MR) is 171 cm³/mol. The second kappa shape index (κ2) is 12.0. The number of anilines is 1. The maximum Gasteiger partial charge on any atom is 0.407 e. The van der Waals surface area contributed by atoms with Gasteiger partial charge in [0.2, 0.25) is 0 Å². The minimum atomic E-state index is -0.484. The summed E-state index contributed by atoms with van der Waals surface area (Å²) < 4.78 is 10.9. The van der Waals surface area contributed by atoms with Crippen LogP contribution in [0.4, 0.5) is 10.5 Å². The molecule has 0 atom stereocenters. The maximum absolute atomic E-state index is 11.9. The number of aromatic nitrogens is 4. The molecule has 6 rings (SSSR count). The molecule has 224 valence electrons. The standard InChI is InChI=1S/C33H39N7O3/c1-5-42-25-10-6-22(7-11-25)30-35-26-12-8-23(20-28(26)37-30)31-36-27-13-9-24(21-29(27)38-31)40-18-16-39(17-19-40)15-14-34-32(41)43-33(2,3)4/h6-13,20-21H,5,14-19H2,1-4H3,(H,34,41)(H,35,37)(H,36,38). The van der Waals surface area contributed by atoms with Crippen LogP contribution in [0.3, 0.4) is 0 Å². The zero-order chi connectivity index (χ0) is 30.0. The van der Waals surface area contributed by atoms with Gasteiger partial charge in [0.15, 0.2) is 0 Å². The molecule has 1 saturated heterocycles. The van der Waals surface area contributed by atoms with Crippen molar-refractivity contribution in [2.24, 2.45) is 0 Å². The summed E-state index contributed by atoms with van der Waals surface area (Å²) in [6, 6.07) is 20.6. The van der Waals surface area contributed by atoms with Crippen molar-refractivity contribution in [3.63, 3.8) is 0 Å². The second-order valence-corrected chi connectivity index (χ2v) is 11.8. The van der Waals surface area contributed by atoms with Crippen LogP contribution >= 0.6 is 0 Å². The number of ether oxygens (including phenoxy) is 2. The van der Waals surface area contributed by atoms with Crippen molar-refractivity contribution in [2.75, 3.05) is 50.8 Å². The number of amides is 1. The van der Waals surface area contributed by atoms with Crippen LogP contribution in [-0.2, 0) is 4.74 Å². The molecule has 0 spiro atoms. The highest BCUT2D eigenvalue weighted by Gasteiger charge is 2.20. The van der Waals surface area contributed by atoms with Crippen LogP contribution in [0.2, 0.25) is 0 Å². The molecular weight excluding hydrogens is 542 g/mol. The molecule has 1 fully saturated rings. The van der Waals surface area contributed by atoms with Crippen molar-refractivity contribution in [3.8, 4) is 28.5 Å². The molecule has 0 saturated carbocycles. The van der Waals surface area contributed by atoms with Crippen molar-refractivity contribution >= 4 is 33.8 Å². The van der Waals surface area contributed by atoms with Gasteiger partial charge in [0.05, 0.1) is 28.7 Å². The fourth-order valence-electron chi connectivity index (χ4n) is 5.36. The summed E-state index contributed by atoms with van der Waals surface area (Å²) in [5, 5.41) is 2.85. The summed E-state index contributed by atoms with van der Waals surface area (Å²) in [7, 11) is 0. The smallest absolute Gasteiger partial charge is 0.407 e. The highest BCUT2D eigenvalue weighted by molar-refractivity contribution is 5.87. The van der Waals surface area contributed by atoms with E-state index in [1.807, 2.05) is 58.0 Å². The third kappa shape index (κ3) is 6.75. The van der Waals surface area contributed by atoms with E-state index in [1.165, 1.54) is 5.69 Å². The van der Waals surface area contributed by atoms with E-state index >= 15 is 0 Å².